The van der Waals surface area contributed by atoms with E-state index in [1.165, 1.54) is 0 Å². The van der Waals surface area contributed by atoms with Crippen molar-refractivity contribution < 1.29 is 14.7 Å². The van der Waals surface area contributed by atoms with Crippen LogP contribution in [0.4, 0.5) is 0 Å². The number of hydrogen-bond acceptors (Lipinski definition) is 2. The highest BCUT2D eigenvalue weighted by atomic mass is 16.4. The molecule has 4 nitrogen and oxygen atoms in total. The first kappa shape index (κ1) is 13.2. The van der Waals surface area contributed by atoms with Crippen molar-refractivity contribution in [1.82, 2.24) is 4.90 Å². The van der Waals surface area contributed by atoms with Crippen LogP contribution >= 0.6 is 0 Å². The number of carboxylic acid groups (broad SMARTS) is 1. The van der Waals surface area contributed by atoms with E-state index >= 15 is 0 Å². The van der Waals surface area contributed by atoms with Crippen molar-refractivity contribution in [1.29, 1.82) is 0 Å². The van der Waals surface area contributed by atoms with E-state index in [-0.39, 0.29) is 11.8 Å². The monoisotopic (exact) mass is 273 g/mol. The molecule has 0 radical (unpaired) electrons. The van der Waals surface area contributed by atoms with E-state index in [4.69, 9.17) is 5.11 Å². The molecule has 1 N–H and O–H groups in total. The number of benzene rings is 1. The van der Waals surface area contributed by atoms with Crippen molar-refractivity contribution in [2.75, 3.05) is 13.1 Å². The molecule has 1 saturated heterocycles. The SMILES string of the molecule is O=C(O)C1CC2CC(C1)CN(C(=O)c1ccccc1)C2. The van der Waals surface area contributed by atoms with Crippen molar-refractivity contribution in [3.05, 3.63) is 35.9 Å². The third kappa shape index (κ3) is 2.55. The summed E-state index contributed by atoms with van der Waals surface area (Å²) in [7, 11) is 0. The first-order valence-electron chi connectivity index (χ1n) is 7.20. The van der Waals surface area contributed by atoms with Crippen molar-refractivity contribution in [3.8, 4) is 0 Å². The van der Waals surface area contributed by atoms with Crippen molar-refractivity contribution in [2.45, 2.75) is 19.3 Å². The summed E-state index contributed by atoms with van der Waals surface area (Å²) in [6, 6.07) is 9.33. The van der Waals surface area contributed by atoms with Crippen molar-refractivity contribution >= 4 is 11.9 Å². The quantitative estimate of drug-likeness (QED) is 0.899. The minimum atomic E-state index is -0.678. The Labute approximate surface area is 118 Å². The smallest absolute Gasteiger partial charge is 0.306 e. The molecule has 1 amide bonds. The fraction of sp³-hybridized carbons (Fsp3) is 0.500. The van der Waals surface area contributed by atoms with Gasteiger partial charge in [-0.3, -0.25) is 9.59 Å². The molecule has 20 heavy (non-hydrogen) atoms. The molecule has 2 bridgehead atoms. The average molecular weight is 273 g/mol. The van der Waals surface area contributed by atoms with E-state index in [1.807, 2.05) is 35.2 Å². The van der Waals surface area contributed by atoms with Crippen LogP contribution in [0.3, 0.4) is 0 Å². The zero-order valence-corrected chi connectivity index (χ0v) is 11.4. The van der Waals surface area contributed by atoms with E-state index in [2.05, 4.69) is 0 Å². The third-order valence-corrected chi connectivity index (χ3v) is 4.52. The van der Waals surface area contributed by atoms with Gasteiger partial charge in [0.25, 0.3) is 5.91 Å². The maximum atomic E-state index is 12.5. The number of hydrogen-bond donors (Lipinski definition) is 1. The highest BCUT2D eigenvalue weighted by Crippen LogP contribution is 2.38. The van der Waals surface area contributed by atoms with Gasteiger partial charge in [0.2, 0.25) is 0 Å². The third-order valence-electron chi connectivity index (χ3n) is 4.52. The molecule has 2 atom stereocenters. The maximum Gasteiger partial charge on any atom is 0.306 e. The Balaban J connectivity index is 1.70. The molecule has 4 heteroatoms. The Morgan fingerprint density at radius 1 is 1.00 bits per heavy atom. The van der Waals surface area contributed by atoms with Crippen molar-refractivity contribution in [2.24, 2.45) is 17.8 Å². The van der Waals surface area contributed by atoms with E-state index in [0.29, 0.717) is 37.8 Å². The van der Waals surface area contributed by atoms with Crippen LogP contribution in [0.25, 0.3) is 0 Å². The summed E-state index contributed by atoms with van der Waals surface area (Å²) < 4.78 is 0. The summed E-state index contributed by atoms with van der Waals surface area (Å²) in [6.45, 7) is 1.40. The number of carbonyl (C=O) groups is 2. The molecule has 3 rings (SSSR count). The fourth-order valence-corrected chi connectivity index (χ4v) is 3.69. The number of amides is 1. The predicted molar refractivity (Wildman–Crippen MR) is 74.3 cm³/mol. The van der Waals surface area contributed by atoms with Gasteiger partial charge in [0.1, 0.15) is 0 Å². The standard InChI is InChI=1S/C16H19NO3/c18-15(13-4-2-1-3-5-13)17-9-11-6-12(10-17)8-14(7-11)16(19)20/h1-5,11-12,14H,6-10H2,(H,19,20). The summed E-state index contributed by atoms with van der Waals surface area (Å²) in [5.74, 6) is -0.128. The van der Waals surface area contributed by atoms with E-state index in [9.17, 15) is 9.59 Å². The number of nitrogens with zero attached hydrogens (tertiary/aromatic N) is 1. The minimum Gasteiger partial charge on any atom is -0.481 e. The molecule has 0 aromatic heterocycles. The molecule has 2 fully saturated rings. The van der Waals surface area contributed by atoms with Gasteiger partial charge < -0.3 is 10.0 Å². The minimum absolute atomic E-state index is 0.0778. The Hall–Kier alpha value is -1.84. The van der Waals surface area contributed by atoms with Gasteiger partial charge in [-0.25, -0.2) is 0 Å². The van der Waals surface area contributed by atoms with Gasteiger partial charge in [-0.2, -0.15) is 0 Å². The molecule has 1 heterocycles. The normalized spacial score (nSPS) is 29.0. The first-order chi connectivity index (χ1) is 9.63. The van der Waals surface area contributed by atoms with Gasteiger partial charge in [-0.1, -0.05) is 18.2 Å². The first-order valence-corrected chi connectivity index (χ1v) is 7.20. The van der Waals surface area contributed by atoms with Crippen LogP contribution in [-0.2, 0) is 4.79 Å². The van der Waals surface area contributed by atoms with Crippen LogP contribution in [0.2, 0.25) is 0 Å². The van der Waals surface area contributed by atoms with E-state index in [1.54, 1.807) is 0 Å². The number of aliphatic carboxylic acids is 1. The second kappa shape index (κ2) is 5.27. The molecule has 2 aliphatic rings. The largest absolute Gasteiger partial charge is 0.481 e. The summed E-state index contributed by atoms with van der Waals surface area (Å²) in [4.78, 5) is 25.5. The Bertz CT molecular complexity index is 500. The lowest BCUT2D eigenvalue weighted by molar-refractivity contribution is -0.144. The lowest BCUT2D eigenvalue weighted by Crippen LogP contribution is -2.48. The molecule has 1 aliphatic heterocycles. The number of carboxylic acids is 1. The topological polar surface area (TPSA) is 57.6 Å². The highest BCUT2D eigenvalue weighted by molar-refractivity contribution is 5.94. The Morgan fingerprint density at radius 2 is 1.60 bits per heavy atom. The van der Waals surface area contributed by atoms with Gasteiger partial charge in [0.05, 0.1) is 5.92 Å². The van der Waals surface area contributed by atoms with Crippen LogP contribution < -0.4 is 0 Å². The molecule has 1 aliphatic carbocycles. The fourth-order valence-electron chi connectivity index (χ4n) is 3.69. The molecule has 2 unspecified atom stereocenters. The second-order valence-corrected chi connectivity index (χ2v) is 6.05. The predicted octanol–water partition coefficient (Wildman–Crippen LogP) is 2.26. The molecule has 1 saturated carbocycles. The Morgan fingerprint density at radius 3 is 2.15 bits per heavy atom. The summed E-state index contributed by atoms with van der Waals surface area (Å²) >= 11 is 0. The van der Waals surface area contributed by atoms with Crippen molar-refractivity contribution in [3.63, 3.8) is 0 Å². The molecular formula is C16H19NO3. The lowest BCUT2D eigenvalue weighted by Gasteiger charge is -2.43. The van der Waals surface area contributed by atoms with Gasteiger partial charge >= 0.3 is 5.97 Å². The second-order valence-electron chi connectivity index (χ2n) is 6.05. The van der Waals surface area contributed by atoms with E-state index < -0.39 is 5.97 Å². The van der Waals surface area contributed by atoms with Crippen LogP contribution in [0.1, 0.15) is 29.6 Å². The molecule has 0 spiro atoms. The summed E-state index contributed by atoms with van der Waals surface area (Å²) in [5.41, 5.74) is 0.724. The van der Waals surface area contributed by atoms with Gasteiger partial charge in [0, 0.05) is 18.7 Å². The zero-order valence-electron chi connectivity index (χ0n) is 11.4. The molecule has 106 valence electrons. The van der Waals surface area contributed by atoms with Gasteiger partial charge in [-0.15, -0.1) is 0 Å². The highest BCUT2D eigenvalue weighted by Gasteiger charge is 2.39. The molecular weight excluding hydrogens is 254 g/mol. The summed E-state index contributed by atoms with van der Waals surface area (Å²) in [5, 5.41) is 9.17. The maximum absolute atomic E-state index is 12.5. The van der Waals surface area contributed by atoms with Crippen LogP contribution in [0.5, 0.6) is 0 Å². The number of likely N-dealkylation sites (tertiary alicyclic amines) is 1. The van der Waals surface area contributed by atoms with E-state index in [0.717, 1.165) is 12.0 Å². The number of piperidine rings is 1. The number of fused-ring (bicyclic) bond motifs is 2. The van der Waals surface area contributed by atoms with Crippen LogP contribution in [-0.4, -0.2) is 35.0 Å². The van der Waals surface area contributed by atoms with Gasteiger partial charge in [0.15, 0.2) is 0 Å². The Kier molecular flexibility index (Phi) is 3.47. The molecule has 1 aromatic carbocycles. The zero-order chi connectivity index (χ0) is 14.1. The number of rotatable bonds is 2. The lowest BCUT2D eigenvalue weighted by atomic mass is 9.72. The number of carbonyl (C=O) groups excluding carboxylic acids is 1. The van der Waals surface area contributed by atoms with Crippen LogP contribution in [0, 0.1) is 17.8 Å². The van der Waals surface area contributed by atoms with Crippen LogP contribution in [0.15, 0.2) is 30.3 Å². The van der Waals surface area contributed by atoms with Gasteiger partial charge in [-0.05, 0) is 43.2 Å². The summed E-state index contributed by atoms with van der Waals surface area (Å²) in [6.07, 6.45) is 2.50. The molecule has 1 aromatic rings. The average Bonchev–Trinajstić information content (AvgIpc) is 2.46.